The van der Waals surface area contributed by atoms with Crippen LogP contribution in [0, 0.1) is 0 Å². The number of benzene rings is 1. The largest absolute Gasteiger partial charge is 0.478 e. The van der Waals surface area contributed by atoms with Gasteiger partial charge in [0.05, 0.1) is 23.5 Å². The van der Waals surface area contributed by atoms with Crippen molar-refractivity contribution in [2.75, 3.05) is 11.1 Å². The summed E-state index contributed by atoms with van der Waals surface area (Å²) in [5.74, 6) is -0.999. The minimum atomic E-state index is -0.999. The molecule has 0 saturated heterocycles. The fourth-order valence-electron chi connectivity index (χ4n) is 1.89. The number of hydrogen-bond acceptors (Lipinski definition) is 4. The number of aromatic nitrogens is 2. The Balaban J connectivity index is 2.16. The van der Waals surface area contributed by atoms with E-state index in [4.69, 9.17) is 10.8 Å². The number of nitrogens with one attached hydrogen (secondary N) is 1. The average molecular weight is 260 g/mol. The lowest BCUT2D eigenvalue weighted by Crippen LogP contribution is -2.24. The first-order chi connectivity index (χ1) is 9.08. The fraction of sp³-hybridized carbons (Fsp3) is 0.231. The Morgan fingerprint density at radius 2 is 2.32 bits per heavy atom. The number of nitrogens with zero attached hydrogens (tertiary/aromatic N) is 2. The van der Waals surface area contributed by atoms with Crippen LogP contribution in [0.1, 0.15) is 17.3 Å². The SMILES string of the molecule is CC(Cn1cccn1)Nc1c(N)cccc1C(=O)O. The number of rotatable bonds is 5. The third-order valence-electron chi connectivity index (χ3n) is 2.74. The lowest BCUT2D eigenvalue weighted by molar-refractivity contribution is 0.0698. The fourth-order valence-corrected chi connectivity index (χ4v) is 1.89. The summed E-state index contributed by atoms with van der Waals surface area (Å²) in [6.07, 6.45) is 3.55. The average Bonchev–Trinajstić information content (AvgIpc) is 2.84. The van der Waals surface area contributed by atoms with E-state index in [1.165, 1.54) is 6.07 Å². The minimum Gasteiger partial charge on any atom is -0.478 e. The summed E-state index contributed by atoms with van der Waals surface area (Å²) >= 11 is 0. The van der Waals surface area contributed by atoms with Crippen molar-refractivity contribution in [2.45, 2.75) is 19.5 Å². The number of aromatic carboxylic acids is 1. The van der Waals surface area contributed by atoms with Crippen LogP contribution in [0.15, 0.2) is 36.7 Å². The molecule has 0 amide bonds. The van der Waals surface area contributed by atoms with Crippen LogP contribution in [0.3, 0.4) is 0 Å². The maximum Gasteiger partial charge on any atom is 0.337 e. The van der Waals surface area contributed by atoms with Crippen molar-refractivity contribution in [3.05, 3.63) is 42.2 Å². The smallest absolute Gasteiger partial charge is 0.337 e. The van der Waals surface area contributed by atoms with Gasteiger partial charge in [-0.2, -0.15) is 5.10 Å². The van der Waals surface area contributed by atoms with Gasteiger partial charge in [0.25, 0.3) is 0 Å². The van der Waals surface area contributed by atoms with Gasteiger partial charge in [-0.25, -0.2) is 4.79 Å². The van der Waals surface area contributed by atoms with Crippen LogP contribution in [-0.4, -0.2) is 26.9 Å². The second-order valence-corrected chi connectivity index (χ2v) is 4.35. The Kier molecular flexibility index (Phi) is 3.70. The Morgan fingerprint density at radius 1 is 1.53 bits per heavy atom. The standard InChI is InChI=1S/C13H16N4O2/c1-9(8-17-7-3-6-15-17)16-12-10(13(18)19)4-2-5-11(12)14/h2-7,9,16H,8,14H2,1H3,(H,18,19). The highest BCUT2D eigenvalue weighted by Gasteiger charge is 2.14. The molecule has 4 N–H and O–H groups in total. The summed E-state index contributed by atoms with van der Waals surface area (Å²) in [5, 5.41) is 16.4. The third-order valence-corrected chi connectivity index (χ3v) is 2.74. The van der Waals surface area contributed by atoms with Crippen LogP contribution in [0.4, 0.5) is 11.4 Å². The van der Waals surface area contributed by atoms with Crippen LogP contribution in [0.2, 0.25) is 0 Å². The lowest BCUT2D eigenvalue weighted by Gasteiger charge is -2.18. The molecule has 1 atom stereocenters. The number of para-hydroxylation sites is 1. The van der Waals surface area contributed by atoms with E-state index in [9.17, 15) is 4.79 Å². The molecule has 0 radical (unpaired) electrons. The van der Waals surface area contributed by atoms with E-state index < -0.39 is 5.97 Å². The van der Waals surface area contributed by atoms with Crippen LogP contribution in [-0.2, 0) is 6.54 Å². The molecule has 0 spiro atoms. The molecule has 2 rings (SSSR count). The van der Waals surface area contributed by atoms with Gasteiger partial charge in [-0.05, 0) is 25.1 Å². The maximum atomic E-state index is 11.2. The quantitative estimate of drug-likeness (QED) is 0.711. The van der Waals surface area contributed by atoms with Crippen LogP contribution in [0.5, 0.6) is 0 Å². The van der Waals surface area contributed by atoms with Crippen molar-refractivity contribution in [1.82, 2.24) is 9.78 Å². The van der Waals surface area contributed by atoms with Crippen molar-refractivity contribution >= 4 is 17.3 Å². The van der Waals surface area contributed by atoms with Crippen LogP contribution in [0.25, 0.3) is 0 Å². The van der Waals surface area contributed by atoms with E-state index in [0.717, 1.165) is 0 Å². The van der Waals surface area contributed by atoms with Gasteiger partial charge in [0, 0.05) is 18.4 Å². The van der Waals surface area contributed by atoms with Crippen LogP contribution >= 0.6 is 0 Å². The van der Waals surface area contributed by atoms with Crippen molar-refractivity contribution in [3.63, 3.8) is 0 Å². The summed E-state index contributed by atoms with van der Waals surface area (Å²) in [4.78, 5) is 11.2. The zero-order valence-electron chi connectivity index (χ0n) is 10.6. The predicted octanol–water partition coefficient (Wildman–Crippen LogP) is 1.66. The highest BCUT2D eigenvalue weighted by atomic mass is 16.4. The van der Waals surface area contributed by atoms with E-state index >= 15 is 0 Å². The Morgan fingerprint density at radius 3 is 2.95 bits per heavy atom. The monoisotopic (exact) mass is 260 g/mol. The molecule has 1 unspecified atom stereocenters. The molecule has 0 saturated carbocycles. The number of carboxylic acids is 1. The Labute approximate surface area is 110 Å². The number of carbonyl (C=O) groups is 1. The predicted molar refractivity (Wildman–Crippen MR) is 73.1 cm³/mol. The van der Waals surface area contributed by atoms with Gasteiger partial charge in [-0.15, -0.1) is 0 Å². The summed E-state index contributed by atoms with van der Waals surface area (Å²) in [5.41, 5.74) is 6.88. The molecule has 0 bridgehead atoms. The molecule has 0 fully saturated rings. The van der Waals surface area contributed by atoms with Crippen LogP contribution < -0.4 is 11.1 Å². The van der Waals surface area contributed by atoms with E-state index in [1.807, 2.05) is 19.2 Å². The first-order valence-corrected chi connectivity index (χ1v) is 5.93. The molecule has 1 aromatic heterocycles. The molecule has 0 aliphatic heterocycles. The molecular weight excluding hydrogens is 244 g/mol. The summed E-state index contributed by atoms with van der Waals surface area (Å²) in [6, 6.07) is 6.67. The molecule has 1 heterocycles. The lowest BCUT2D eigenvalue weighted by atomic mass is 10.1. The zero-order chi connectivity index (χ0) is 13.8. The molecule has 2 aromatic rings. The highest BCUT2D eigenvalue weighted by Crippen LogP contribution is 2.24. The van der Waals surface area contributed by atoms with Crippen molar-refractivity contribution in [1.29, 1.82) is 0 Å². The van der Waals surface area contributed by atoms with Gasteiger partial charge in [-0.3, -0.25) is 4.68 Å². The van der Waals surface area contributed by atoms with E-state index in [-0.39, 0.29) is 11.6 Å². The summed E-state index contributed by atoms with van der Waals surface area (Å²) < 4.78 is 1.78. The molecule has 0 aliphatic carbocycles. The van der Waals surface area contributed by atoms with E-state index in [0.29, 0.717) is 17.9 Å². The molecule has 6 nitrogen and oxygen atoms in total. The van der Waals surface area contributed by atoms with Gasteiger partial charge in [0.2, 0.25) is 0 Å². The topological polar surface area (TPSA) is 93.2 Å². The van der Waals surface area contributed by atoms with Crippen molar-refractivity contribution in [2.24, 2.45) is 0 Å². The summed E-state index contributed by atoms with van der Waals surface area (Å²) in [7, 11) is 0. The van der Waals surface area contributed by atoms with Gasteiger partial charge >= 0.3 is 5.97 Å². The van der Waals surface area contributed by atoms with Gasteiger partial charge in [-0.1, -0.05) is 6.07 Å². The number of carboxylic acid groups (broad SMARTS) is 1. The number of hydrogen-bond donors (Lipinski definition) is 3. The number of anilines is 2. The minimum absolute atomic E-state index is 0.00250. The number of nitrogens with two attached hydrogens (primary N) is 1. The molecule has 1 aromatic carbocycles. The Hall–Kier alpha value is -2.50. The van der Waals surface area contributed by atoms with Crippen molar-refractivity contribution < 1.29 is 9.90 Å². The highest BCUT2D eigenvalue weighted by molar-refractivity contribution is 5.97. The van der Waals surface area contributed by atoms with Gasteiger partial charge in [0.15, 0.2) is 0 Å². The molecule has 19 heavy (non-hydrogen) atoms. The van der Waals surface area contributed by atoms with Gasteiger partial charge in [0.1, 0.15) is 0 Å². The maximum absolute atomic E-state index is 11.2. The Bertz CT molecular complexity index is 566. The second-order valence-electron chi connectivity index (χ2n) is 4.35. The zero-order valence-corrected chi connectivity index (χ0v) is 10.6. The third kappa shape index (κ3) is 3.04. The van der Waals surface area contributed by atoms with Crippen molar-refractivity contribution in [3.8, 4) is 0 Å². The second kappa shape index (κ2) is 5.43. The first kappa shape index (κ1) is 12.9. The van der Waals surface area contributed by atoms with Gasteiger partial charge < -0.3 is 16.2 Å². The van der Waals surface area contributed by atoms with E-state index in [1.54, 1.807) is 23.0 Å². The summed E-state index contributed by atoms with van der Waals surface area (Å²) in [6.45, 7) is 2.57. The normalized spacial score (nSPS) is 12.1. The molecular formula is C13H16N4O2. The molecule has 100 valence electrons. The van der Waals surface area contributed by atoms with E-state index in [2.05, 4.69) is 10.4 Å². The molecule has 6 heteroatoms. The first-order valence-electron chi connectivity index (χ1n) is 5.93. The molecule has 0 aliphatic rings. The number of nitrogen functional groups attached to an aromatic ring is 1.